The van der Waals surface area contributed by atoms with Gasteiger partial charge in [-0.25, -0.2) is 9.97 Å². The van der Waals surface area contributed by atoms with Gasteiger partial charge in [0, 0.05) is 49.1 Å². The molecule has 0 amide bonds. The molecule has 0 unspecified atom stereocenters. The minimum atomic E-state index is 0.563. The highest BCUT2D eigenvalue weighted by Crippen LogP contribution is 2.27. The molecular formula is C28H25N5O. The van der Waals surface area contributed by atoms with Gasteiger partial charge in [-0.1, -0.05) is 36.4 Å². The lowest BCUT2D eigenvalue weighted by atomic mass is 10.1. The van der Waals surface area contributed by atoms with Gasteiger partial charge in [0.1, 0.15) is 18.1 Å². The largest absolute Gasteiger partial charge is 0.489 e. The summed E-state index contributed by atoms with van der Waals surface area (Å²) in [5.41, 5.74) is 6.68. The van der Waals surface area contributed by atoms with Crippen molar-refractivity contribution in [2.24, 2.45) is 0 Å². The lowest BCUT2D eigenvalue weighted by molar-refractivity contribution is 0.242. The standard InChI is InChI=1S/C28H25N5O/c1-2-6-20(7-3-1)19-34-23-9-10-25-24(14-23)22(16-30-25)17-33-13-11-21-15-31-28(32-27(21)18-33)26-8-4-5-12-29-26/h1-10,12,14-16,30H,11,13,17-19H2. The van der Waals surface area contributed by atoms with Crippen molar-refractivity contribution in [3.8, 4) is 17.3 Å². The SMILES string of the molecule is c1ccc(COc2ccc3[nH]cc(CN4CCc5cnc(-c6ccccn6)nc5C4)c3c2)cc1. The number of pyridine rings is 1. The molecule has 0 radical (unpaired) electrons. The maximum absolute atomic E-state index is 6.07. The third-order valence-corrected chi connectivity index (χ3v) is 6.30. The second kappa shape index (κ2) is 9.08. The highest BCUT2D eigenvalue weighted by molar-refractivity contribution is 5.84. The first kappa shape index (κ1) is 20.6. The Morgan fingerprint density at radius 1 is 0.971 bits per heavy atom. The van der Waals surface area contributed by atoms with Crippen LogP contribution < -0.4 is 4.74 Å². The monoisotopic (exact) mass is 447 g/mol. The lowest BCUT2D eigenvalue weighted by Gasteiger charge is -2.27. The number of hydrogen-bond donors (Lipinski definition) is 1. The molecule has 168 valence electrons. The van der Waals surface area contributed by atoms with Crippen LogP contribution in [0.15, 0.2) is 85.3 Å². The van der Waals surface area contributed by atoms with Gasteiger partial charge in [-0.05, 0) is 53.4 Å². The predicted octanol–water partition coefficient (Wildman–Crippen LogP) is 5.16. The minimum absolute atomic E-state index is 0.563. The summed E-state index contributed by atoms with van der Waals surface area (Å²) >= 11 is 0. The topological polar surface area (TPSA) is 66.9 Å². The number of H-pyrrole nitrogens is 1. The van der Waals surface area contributed by atoms with Crippen molar-refractivity contribution in [2.75, 3.05) is 6.54 Å². The van der Waals surface area contributed by atoms with Gasteiger partial charge in [0.05, 0.1) is 5.69 Å². The van der Waals surface area contributed by atoms with Crippen molar-refractivity contribution < 1.29 is 4.74 Å². The van der Waals surface area contributed by atoms with Crippen LogP contribution in [0.25, 0.3) is 22.4 Å². The van der Waals surface area contributed by atoms with E-state index in [1.54, 1.807) is 6.20 Å². The number of benzene rings is 2. The van der Waals surface area contributed by atoms with Crippen LogP contribution in [-0.4, -0.2) is 31.4 Å². The summed E-state index contributed by atoms with van der Waals surface area (Å²) in [5.74, 6) is 1.57. The first-order chi connectivity index (χ1) is 16.8. The maximum Gasteiger partial charge on any atom is 0.178 e. The van der Waals surface area contributed by atoms with Gasteiger partial charge in [0.15, 0.2) is 5.82 Å². The maximum atomic E-state index is 6.07. The Kier molecular flexibility index (Phi) is 5.49. The molecule has 6 nitrogen and oxygen atoms in total. The van der Waals surface area contributed by atoms with Gasteiger partial charge in [-0.2, -0.15) is 0 Å². The van der Waals surface area contributed by atoms with Gasteiger partial charge in [0.2, 0.25) is 0 Å². The van der Waals surface area contributed by atoms with Crippen LogP contribution in [0.2, 0.25) is 0 Å². The van der Waals surface area contributed by atoms with E-state index in [4.69, 9.17) is 9.72 Å². The highest BCUT2D eigenvalue weighted by atomic mass is 16.5. The molecule has 1 N–H and O–H groups in total. The first-order valence-corrected chi connectivity index (χ1v) is 11.6. The molecule has 34 heavy (non-hydrogen) atoms. The van der Waals surface area contributed by atoms with Gasteiger partial charge in [-0.3, -0.25) is 9.88 Å². The van der Waals surface area contributed by atoms with Crippen molar-refractivity contribution in [1.29, 1.82) is 0 Å². The Balaban J connectivity index is 1.19. The Hall–Kier alpha value is -4.03. The minimum Gasteiger partial charge on any atom is -0.489 e. The predicted molar refractivity (Wildman–Crippen MR) is 132 cm³/mol. The van der Waals surface area contributed by atoms with E-state index in [1.165, 1.54) is 16.5 Å². The molecule has 0 saturated carbocycles. The van der Waals surface area contributed by atoms with E-state index in [1.807, 2.05) is 48.7 Å². The second-order valence-corrected chi connectivity index (χ2v) is 8.64. The van der Waals surface area contributed by atoms with E-state index >= 15 is 0 Å². The number of fused-ring (bicyclic) bond motifs is 2. The molecule has 0 atom stereocenters. The fraction of sp³-hybridized carbons (Fsp3) is 0.179. The number of nitrogens with zero attached hydrogens (tertiary/aromatic N) is 4. The van der Waals surface area contributed by atoms with Crippen molar-refractivity contribution in [3.05, 3.63) is 108 Å². The zero-order valence-corrected chi connectivity index (χ0v) is 18.8. The lowest BCUT2D eigenvalue weighted by Crippen LogP contribution is -2.31. The summed E-state index contributed by atoms with van der Waals surface area (Å²) in [6, 6.07) is 22.3. The summed E-state index contributed by atoms with van der Waals surface area (Å²) < 4.78 is 6.07. The van der Waals surface area contributed by atoms with Crippen LogP contribution in [0, 0.1) is 0 Å². The average Bonchev–Trinajstić information content (AvgIpc) is 3.30. The summed E-state index contributed by atoms with van der Waals surface area (Å²) in [4.78, 5) is 19.6. The summed E-state index contributed by atoms with van der Waals surface area (Å²) in [5, 5.41) is 1.20. The molecule has 0 bridgehead atoms. The molecule has 0 spiro atoms. The quantitative estimate of drug-likeness (QED) is 0.390. The van der Waals surface area contributed by atoms with Gasteiger partial charge in [-0.15, -0.1) is 0 Å². The molecule has 6 heteroatoms. The van der Waals surface area contributed by atoms with E-state index in [9.17, 15) is 0 Å². The molecular weight excluding hydrogens is 422 g/mol. The first-order valence-electron chi connectivity index (χ1n) is 11.6. The molecule has 1 aliphatic rings. The van der Waals surface area contributed by atoms with E-state index in [0.29, 0.717) is 12.4 Å². The summed E-state index contributed by atoms with van der Waals surface area (Å²) in [6.45, 7) is 3.20. The van der Waals surface area contributed by atoms with Crippen molar-refractivity contribution >= 4 is 10.9 Å². The molecule has 6 rings (SSSR count). The molecule has 1 aliphatic heterocycles. The zero-order valence-electron chi connectivity index (χ0n) is 18.8. The Morgan fingerprint density at radius 3 is 2.76 bits per heavy atom. The molecule has 0 saturated heterocycles. The van der Waals surface area contributed by atoms with Crippen LogP contribution in [0.3, 0.4) is 0 Å². The molecule has 0 aliphatic carbocycles. The van der Waals surface area contributed by atoms with E-state index in [2.05, 4.69) is 50.3 Å². The smallest absolute Gasteiger partial charge is 0.178 e. The number of aromatic nitrogens is 4. The fourth-order valence-electron chi connectivity index (χ4n) is 4.47. The third-order valence-electron chi connectivity index (χ3n) is 6.30. The van der Waals surface area contributed by atoms with Crippen LogP contribution in [0.5, 0.6) is 5.75 Å². The number of rotatable bonds is 6. The van der Waals surface area contributed by atoms with Crippen LogP contribution in [0.4, 0.5) is 0 Å². The van der Waals surface area contributed by atoms with Crippen molar-refractivity contribution in [2.45, 2.75) is 26.1 Å². The fourth-order valence-corrected chi connectivity index (χ4v) is 4.47. The Morgan fingerprint density at radius 2 is 1.88 bits per heavy atom. The number of ether oxygens (including phenoxy) is 1. The third kappa shape index (κ3) is 4.28. The van der Waals surface area contributed by atoms with Gasteiger partial charge < -0.3 is 9.72 Å². The number of hydrogen-bond acceptors (Lipinski definition) is 5. The van der Waals surface area contributed by atoms with Crippen LogP contribution >= 0.6 is 0 Å². The van der Waals surface area contributed by atoms with E-state index in [0.717, 1.165) is 54.3 Å². The van der Waals surface area contributed by atoms with Crippen molar-refractivity contribution in [3.63, 3.8) is 0 Å². The second-order valence-electron chi connectivity index (χ2n) is 8.64. The molecule has 3 aromatic heterocycles. The average molecular weight is 448 g/mol. The zero-order chi connectivity index (χ0) is 22.7. The van der Waals surface area contributed by atoms with Crippen molar-refractivity contribution in [1.82, 2.24) is 24.8 Å². The number of nitrogens with one attached hydrogen (secondary N) is 1. The molecule has 0 fully saturated rings. The molecule has 4 heterocycles. The van der Waals surface area contributed by atoms with Gasteiger partial charge >= 0.3 is 0 Å². The number of aromatic amines is 1. The normalized spacial score (nSPS) is 13.6. The summed E-state index contributed by atoms with van der Waals surface area (Å²) in [7, 11) is 0. The molecule has 2 aromatic carbocycles. The van der Waals surface area contributed by atoms with Crippen LogP contribution in [0.1, 0.15) is 22.4 Å². The van der Waals surface area contributed by atoms with Gasteiger partial charge in [0.25, 0.3) is 0 Å². The Labute approximate surface area is 198 Å². The van der Waals surface area contributed by atoms with E-state index < -0.39 is 0 Å². The molecule has 5 aromatic rings. The Bertz CT molecular complexity index is 1420. The van der Waals surface area contributed by atoms with Crippen LogP contribution in [-0.2, 0) is 26.1 Å². The highest BCUT2D eigenvalue weighted by Gasteiger charge is 2.20. The summed E-state index contributed by atoms with van der Waals surface area (Å²) in [6.07, 6.45) is 6.80. The van der Waals surface area contributed by atoms with E-state index in [-0.39, 0.29) is 0 Å².